The standard InChI is InChI=1S/C17H15N5OS/c1-11-13(10-20-21-17(18)24)14-4-2-3-9-22(14)15(11)16(23)12-5-7-19-8-6-12/h2-10H,1H3,(H3,18,21,24). The highest BCUT2D eigenvalue weighted by molar-refractivity contribution is 7.80. The quantitative estimate of drug-likeness (QED) is 0.329. The number of nitrogens with zero attached hydrogens (tertiary/aromatic N) is 3. The fourth-order valence-electron chi connectivity index (χ4n) is 2.60. The van der Waals surface area contributed by atoms with Gasteiger partial charge in [0.25, 0.3) is 0 Å². The van der Waals surface area contributed by atoms with Crippen molar-refractivity contribution in [1.29, 1.82) is 0 Å². The lowest BCUT2D eigenvalue weighted by molar-refractivity contribution is 0.103. The molecule has 24 heavy (non-hydrogen) atoms. The number of fused-ring (bicyclic) bond motifs is 1. The summed E-state index contributed by atoms with van der Waals surface area (Å²) in [4.78, 5) is 16.9. The summed E-state index contributed by atoms with van der Waals surface area (Å²) in [7, 11) is 0. The number of pyridine rings is 2. The molecule has 3 aromatic rings. The highest BCUT2D eigenvalue weighted by Crippen LogP contribution is 2.24. The first-order valence-corrected chi connectivity index (χ1v) is 7.63. The Morgan fingerprint density at radius 3 is 2.79 bits per heavy atom. The molecule has 3 rings (SSSR count). The van der Waals surface area contributed by atoms with Gasteiger partial charge in [-0.3, -0.25) is 15.2 Å². The third-order valence-corrected chi connectivity index (χ3v) is 3.75. The molecule has 0 spiro atoms. The van der Waals surface area contributed by atoms with Gasteiger partial charge in [0, 0.05) is 29.7 Å². The zero-order valence-electron chi connectivity index (χ0n) is 12.9. The van der Waals surface area contributed by atoms with Gasteiger partial charge in [0.2, 0.25) is 5.78 Å². The summed E-state index contributed by atoms with van der Waals surface area (Å²) in [5.41, 5.74) is 11.6. The van der Waals surface area contributed by atoms with Gasteiger partial charge in [-0.15, -0.1) is 0 Å². The minimum Gasteiger partial charge on any atom is -0.375 e. The van der Waals surface area contributed by atoms with E-state index in [2.05, 4.69) is 15.5 Å². The van der Waals surface area contributed by atoms with Gasteiger partial charge in [0.15, 0.2) is 5.11 Å². The first kappa shape index (κ1) is 15.8. The van der Waals surface area contributed by atoms with Gasteiger partial charge in [0.05, 0.1) is 17.4 Å². The molecule has 0 radical (unpaired) electrons. The maximum absolute atomic E-state index is 12.9. The lowest BCUT2D eigenvalue weighted by atomic mass is 10.1. The van der Waals surface area contributed by atoms with Gasteiger partial charge in [-0.2, -0.15) is 5.10 Å². The molecular weight excluding hydrogens is 322 g/mol. The third-order valence-electron chi connectivity index (χ3n) is 3.66. The SMILES string of the molecule is Cc1c(C=NNC(N)=S)c2ccccn2c1C(=O)c1ccncc1. The number of rotatable bonds is 4. The molecule has 0 unspecified atom stereocenters. The van der Waals surface area contributed by atoms with Gasteiger partial charge in [-0.25, -0.2) is 0 Å². The summed E-state index contributed by atoms with van der Waals surface area (Å²) in [6, 6.07) is 9.12. The molecular formula is C17H15N5OS. The van der Waals surface area contributed by atoms with Crippen LogP contribution in [0.2, 0.25) is 0 Å². The Kier molecular flexibility index (Phi) is 4.35. The van der Waals surface area contributed by atoms with Crippen molar-refractivity contribution in [3.05, 3.63) is 71.3 Å². The number of carbonyl (C=O) groups excluding carboxylic acids is 1. The van der Waals surface area contributed by atoms with Gasteiger partial charge in [0.1, 0.15) is 0 Å². The molecule has 0 aliphatic rings. The summed E-state index contributed by atoms with van der Waals surface area (Å²) in [6.07, 6.45) is 6.68. The van der Waals surface area contributed by atoms with Crippen LogP contribution in [0.3, 0.4) is 0 Å². The third kappa shape index (κ3) is 2.89. The molecule has 3 N–H and O–H groups in total. The van der Waals surface area contributed by atoms with E-state index in [0.29, 0.717) is 11.3 Å². The summed E-state index contributed by atoms with van der Waals surface area (Å²) in [6.45, 7) is 1.89. The molecule has 0 aliphatic heterocycles. The lowest BCUT2D eigenvalue weighted by Crippen LogP contribution is -2.24. The van der Waals surface area contributed by atoms with Crippen LogP contribution in [0, 0.1) is 6.92 Å². The van der Waals surface area contributed by atoms with E-state index in [9.17, 15) is 4.79 Å². The number of hydrogen-bond acceptors (Lipinski definition) is 4. The minimum absolute atomic E-state index is 0.0712. The van der Waals surface area contributed by atoms with Gasteiger partial charge < -0.3 is 10.1 Å². The number of thiocarbonyl (C=S) groups is 1. The van der Waals surface area contributed by atoms with Gasteiger partial charge >= 0.3 is 0 Å². The van der Waals surface area contributed by atoms with Gasteiger partial charge in [-0.05, 0) is 49.0 Å². The van der Waals surface area contributed by atoms with E-state index in [1.54, 1.807) is 30.7 Å². The van der Waals surface area contributed by atoms with E-state index < -0.39 is 0 Å². The van der Waals surface area contributed by atoms with E-state index >= 15 is 0 Å². The molecule has 0 atom stereocenters. The number of hydrazone groups is 1. The molecule has 0 saturated carbocycles. The van der Waals surface area contributed by atoms with E-state index in [0.717, 1.165) is 16.6 Å². The predicted octanol–water partition coefficient (Wildman–Crippen LogP) is 2.04. The predicted molar refractivity (Wildman–Crippen MR) is 97.3 cm³/mol. The largest absolute Gasteiger partial charge is 0.375 e. The summed E-state index contributed by atoms with van der Waals surface area (Å²) < 4.78 is 1.86. The van der Waals surface area contributed by atoms with Crippen LogP contribution >= 0.6 is 12.2 Å². The monoisotopic (exact) mass is 337 g/mol. The Bertz CT molecular complexity index is 946. The number of carbonyl (C=O) groups is 1. The van der Waals surface area contributed by atoms with Crippen molar-refractivity contribution in [3.8, 4) is 0 Å². The highest BCUT2D eigenvalue weighted by Gasteiger charge is 2.20. The minimum atomic E-state index is -0.0712. The molecule has 0 fully saturated rings. The molecule has 3 heterocycles. The number of aromatic nitrogens is 2. The van der Waals surface area contributed by atoms with Crippen LogP contribution in [0.15, 0.2) is 54.0 Å². The van der Waals surface area contributed by atoms with E-state index in [-0.39, 0.29) is 10.9 Å². The van der Waals surface area contributed by atoms with Crippen LogP contribution in [0.1, 0.15) is 27.2 Å². The zero-order valence-corrected chi connectivity index (χ0v) is 13.7. The second kappa shape index (κ2) is 6.59. The fourth-order valence-corrected chi connectivity index (χ4v) is 2.65. The molecule has 3 aromatic heterocycles. The average Bonchev–Trinajstić information content (AvgIpc) is 2.87. The zero-order chi connectivity index (χ0) is 17.1. The van der Waals surface area contributed by atoms with Crippen molar-refractivity contribution in [2.24, 2.45) is 10.8 Å². The normalized spacial score (nSPS) is 11.0. The Balaban J connectivity index is 2.15. The summed E-state index contributed by atoms with van der Waals surface area (Å²) in [5.74, 6) is -0.0712. The summed E-state index contributed by atoms with van der Waals surface area (Å²) >= 11 is 4.74. The molecule has 6 nitrogen and oxygen atoms in total. The molecule has 0 bridgehead atoms. The Labute approximate surface area is 144 Å². The molecule has 120 valence electrons. The van der Waals surface area contributed by atoms with Crippen molar-refractivity contribution >= 4 is 34.8 Å². The maximum Gasteiger partial charge on any atom is 0.210 e. The van der Waals surface area contributed by atoms with Crippen molar-refractivity contribution in [2.75, 3.05) is 0 Å². The van der Waals surface area contributed by atoms with Crippen LogP contribution < -0.4 is 11.2 Å². The Morgan fingerprint density at radius 2 is 2.08 bits per heavy atom. The lowest BCUT2D eigenvalue weighted by Gasteiger charge is -2.03. The highest BCUT2D eigenvalue weighted by atomic mass is 32.1. The van der Waals surface area contributed by atoms with E-state index in [1.807, 2.05) is 35.7 Å². The van der Waals surface area contributed by atoms with Gasteiger partial charge in [-0.1, -0.05) is 6.07 Å². The molecule has 0 saturated heterocycles. The van der Waals surface area contributed by atoms with Crippen LogP contribution in [-0.4, -0.2) is 26.5 Å². The summed E-state index contributed by atoms with van der Waals surface area (Å²) in [5, 5.41) is 4.11. The molecule has 0 aliphatic carbocycles. The maximum atomic E-state index is 12.9. The van der Waals surface area contributed by atoms with Crippen molar-refractivity contribution in [3.63, 3.8) is 0 Å². The number of hydrogen-bond donors (Lipinski definition) is 2. The number of nitrogens with one attached hydrogen (secondary N) is 1. The Morgan fingerprint density at radius 1 is 1.33 bits per heavy atom. The second-order valence-electron chi connectivity index (χ2n) is 5.14. The number of ketones is 1. The topological polar surface area (TPSA) is 84.8 Å². The van der Waals surface area contributed by atoms with Crippen molar-refractivity contribution in [1.82, 2.24) is 14.8 Å². The second-order valence-corrected chi connectivity index (χ2v) is 5.58. The first-order chi connectivity index (χ1) is 11.6. The average molecular weight is 337 g/mol. The van der Waals surface area contributed by atoms with Crippen LogP contribution in [0.5, 0.6) is 0 Å². The van der Waals surface area contributed by atoms with E-state index in [1.165, 1.54) is 0 Å². The van der Waals surface area contributed by atoms with Crippen molar-refractivity contribution < 1.29 is 4.79 Å². The fraction of sp³-hybridized carbons (Fsp3) is 0.0588. The van der Waals surface area contributed by atoms with Crippen LogP contribution in [0.25, 0.3) is 5.52 Å². The van der Waals surface area contributed by atoms with Crippen LogP contribution in [0.4, 0.5) is 0 Å². The van der Waals surface area contributed by atoms with Crippen molar-refractivity contribution in [2.45, 2.75) is 6.92 Å². The Hall–Kier alpha value is -3.06. The number of nitrogens with two attached hydrogens (primary N) is 1. The molecule has 0 amide bonds. The molecule has 0 aromatic carbocycles. The van der Waals surface area contributed by atoms with Crippen LogP contribution in [-0.2, 0) is 0 Å². The van der Waals surface area contributed by atoms with E-state index in [4.69, 9.17) is 18.0 Å². The smallest absolute Gasteiger partial charge is 0.210 e. The first-order valence-electron chi connectivity index (χ1n) is 7.22. The molecule has 7 heteroatoms.